The first-order chi connectivity index (χ1) is 8.72. The zero-order valence-electron chi connectivity index (χ0n) is 10.8. The summed E-state index contributed by atoms with van der Waals surface area (Å²) in [6.07, 6.45) is 0.997. The monoisotopic (exact) mass is 284 g/mol. The molecule has 1 aromatic carbocycles. The molecule has 1 aliphatic heterocycles. The van der Waals surface area contributed by atoms with Crippen LogP contribution < -0.4 is 5.73 Å². The number of thioether (sulfide) groups is 1. The van der Waals surface area contributed by atoms with E-state index in [-0.39, 0.29) is 6.04 Å². The van der Waals surface area contributed by atoms with Gasteiger partial charge in [0.25, 0.3) is 0 Å². The minimum Gasteiger partial charge on any atom is -0.326 e. The van der Waals surface area contributed by atoms with Gasteiger partial charge in [-0.2, -0.15) is 11.8 Å². The summed E-state index contributed by atoms with van der Waals surface area (Å²) in [5.41, 5.74) is 7.63. The fourth-order valence-electron chi connectivity index (χ4n) is 2.47. The number of nitrogens with zero attached hydrogens (tertiary/aromatic N) is 1. The molecule has 1 saturated heterocycles. The molecule has 0 aromatic heterocycles. The Morgan fingerprint density at radius 2 is 1.89 bits per heavy atom. The molecule has 1 aliphatic rings. The maximum absolute atomic E-state index is 6.34. The van der Waals surface area contributed by atoms with E-state index in [0.29, 0.717) is 6.04 Å². The van der Waals surface area contributed by atoms with Crippen molar-refractivity contribution < 1.29 is 0 Å². The Labute approximate surface area is 119 Å². The topological polar surface area (TPSA) is 29.3 Å². The van der Waals surface area contributed by atoms with Crippen molar-refractivity contribution in [3.8, 4) is 0 Å². The maximum Gasteiger partial charge on any atom is 0.0499 e. The van der Waals surface area contributed by atoms with Crippen molar-refractivity contribution in [2.45, 2.75) is 25.4 Å². The predicted octanol–water partition coefficient (Wildman–Crippen LogP) is 3.17. The van der Waals surface area contributed by atoms with Gasteiger partial charge in [-0.25, -0.2) is 0 Å². The van der Waals surface area contributed by atoms with Crippen molar-refractivity contribution in [2.75, 3.05) is 24.6 Å². The Morgan fingerprint density at radius 1 is 1.28 bits per heavy atom. The van der Waals surface area contributed by atoms with Crippen molar-refractivity contribution in [2.24, 2.45) is 5.73 Å². The van der Waals surface area contributed by atoms with Crippen LogP contribution in [-0.2, 0) is 0 Å². The third-order valence-corrected chi connectivity index (χ3v) is 4.72. The first kappa shape index (κ1) is 14.2. The highest BCUT2D eigenvalue weighted by Crippen LogP contribution is 2.28. The Morgan fingerprint density at radius 3 is 2.44 bits per heavy atom. The second-order valence-electron chi connectivity index (χ2n) is 4.72. The zero-order valence-corrected chi connectivity index (χ0v) is 12.4. The number of hydrogen-bond donors (Lipinski definition) is 1. The van der Waals surface area contributed by atoms with Gasteiger partial charge >= 0.3 is 0 Å². The van der Waals surface area contributed by atoms with E-state index >= 15 is 0 Å². The number of hydrogen-bond acceptors (Lipinski definition) is 3. The quantitative estimate of drug-likeness (QED) is 0.921. The summed E-state index contributed by atoms with van der Waals surface area (Å²) in [5, 5.41) is 0.789. The molecule has 1 fully saturated rings. The minimum absolute atomic E-state index is 0.189. The van der Waals surface area contributed by atoms with Crippen LogP contribution in [0.4, 0.5) is 0 Å². The van der Waals surface area contributed by atoms with E-state index in [1.54, 1.807) is 0 Å². The van der Waals surface area contributed by atoms with Crippen LogP contribution in [0.15, 0.2) is 24.3 Å². The standard InChI is InChI=1S/C14H21ClN2S/c1-2-13(16)14(17-7-9-18-10-8-17)11-3-5-12(15)6-4-11/h3-6,13-14H,2,7-10,16H2,1H3. The van der Waals surface area contributed by atoms with Crippen molar-refractivity contribution in [3.05, 3.63) is 34.9 Å². The van der Waals surface area contributed by atoms with Crippen molar-refractivity contribution in [1.82, 2.24) is 4.90 Å². The van der Waals surface area contributed by atoms with E-state index in [4.69, 9.17) is 17.3 Å². The summed E-state index contributed by atoms with van der Waals surface area (Å²) in [6, 6.07) is 8.67. The molecule has 2 unspecified atom stereocenters. The molecule has 100 valence electrons. The van der Waals surface area contributed by atoms with Crippen molar-refractivity contribution in [3.63, 3.8) is 0 Å². The lowest BCUT2D eigenvalue weighted by molar-refractivity contribution is 0.186. The molecule has 0 saturated carbocycles. The molecule has 2 N–H and O–H groups in total. The molecule has 0 spiro atoms. The molecule has 0 bridgehead atoms. The lowest BCUT2D eigenvalue weighted by Gasteiger charge is -2.37. The SMILES string of the molecule is CCC(N)C(c1ccc(Cl)cc1)N1CCSCC1. The summed E-state index contributed by atoms with van der Waals surface area (Å²) in [6.45, 7) is 4.42. The van der Waals surface area contributed by atoms with Crippen LogP contribution in [0, 0.1) is 0 Å². The van der Waals surface area contributed by atoms with Gasteiger partial charge in [0.1, 0.15) is 0 Å². The van der Waals surface area contributed by atoms with Gasteiger partial charge in [0.2, 0.25) is 0 Å². The zero-order chi connectivity index (χ0) is 13.0. The second kappa shape index (κ2) is 6.80. The molecule has 0 aliphatic carbocycles. The average molecular weight is 285 g/mol. The molecular formula is C14H21ClN2S. The van der Waals surface area contributed by atoms with Crippen molar-refractivity contribution in [1.29, 1.82) is 0 Å². The number of rotatable bonds is 4. The highest BCUT2D eigenvalue weighted by Gasteiger charge is 2.26. The lowest BCUT2D eigenvalue weighted by atomic mass is 9.96. The summed E-state index contributed by atoms with van der Waals surface area (Å²) in [7, 11) is 0. The molecule has 0 amide bonds. The van der Waals surface area contributed by atoms with E-state index in [0.717, 1.165) is 24.5 Å². The Hall–Kier alpha value is -0.220. The van der Waals surface area contributed by atoms with Crippen LogP contribution in [0.25, 0.3) is 0 Å². The highest BCUT2D eigenvalue weighted by molar-refractivity contribution is 7.99. The predicted molar refractivity (Wildman–Crippen MR) is 81.4 cm³/mol. The summed E-state index contributed by atoms with van der Waals surface area (Å²) < 4.78 is 0. The minimum atomic E-state index is 0.189. The van der Waals surface area contributed by atoms with Gasteiger partial charge in [-0.05, 0) is 24.1 Å². The van der Waals surface area contributed by atoms with E-state index in [2.05, 4.69) is 24.0 Å². The van der Waals surface area contributed by atoms with Gasteiger partial charge < -0.3 is 5.73 Å². The van der Waals surface area contributed by atoms with Gasteiger partial charge in [0.05, 0.1) is 0 Å². The average Bonchev–Trinajstić information content (AvgIpc) is 2.42. The molecule has 2 rings (SSSR count). The van der Waals surface area contributed by atoms with Crippen LogP contribution in [-0.4, -0.2) is 35.5 Å². The molecule has 4 heteroatoms. The molecule has 18 heavy (non-hydrogen) atoms. The first-order valence-electron chi connectivity index (χ1n) is 6.55. The van der Waals surface area contributed by atoms with Gasteiger partial charge in [0, 0.05) is 41.7 Å². The van der Waals surface area contributed by atoms with Crippen LogP contribution in [0.1, 0.15) is 24.9 Å². The van der Waals surface area contributed by atoms with Crippen LogP contribution in [0.2, 0.25) is 5.02 Å². The Balaban J connectivity index is 2.20. The molecule has 1 heterocycles. The van der Waals surface area contributed by atoms with Gasteiger partial charge in [-0.1, -0.05) is 30.7 Å². The molecular weight excluding hydrogens is 264 g/mol. The molecule has 2 nitrogen and oxygen atoms in total. The largest absolute Gasteiger partial charge is 0.326 e. The third kappa shape index (κ3) is 3.41. The van der Waals surface area contributed by atoms with Crippen molar-refractivity contribution >= 4 is 23.4 Å². The highest BCUT2D eigenvalue weighted by atomic mass is 35.5. The van der Waals surface area contributed by atoms with E-state index in [9.17, 15) is 0 Å². The molecule has 2 atom stereocenters. The van der Waals surface area contributed by atoms with Gasteiger partial charge in [0.15, 0.2) is 0 Å². The van der Waals surface area contributed by atoms with Crippen LogP contribution in [0.5, 0.6) is 0 Å². The number of halogens is 1. The Bertz CT molecular complexity index is 363. The van der Waals surface area contributed by atoms with E-state index < -0.39 is 0 Å². The van der Waals surface area contributed by atoms with E-state index in [1.165, 1.54) is 17.1 Å². The normalized spacial score (nSPS) is 20.6. The summed E-state index contributed by atoms with van der Waals surface area (Å²) >= 11 is 8.00. The van der Waals surface area contributed by atoms with Crippen LogP contribution >= 0.6 is 23.4 Å². The van der Waals surface area contributed by atoms with Gasteiger partial charge in [-0.15, -0.1) is 0 Å². The number of nitrogens with two attached hydrogens (primary N) is 1. The van der Waals surface area contributed by atoms with Crippen LogP contribution in [0.3, 0.4) is 0 Å². The fourth-order valence-corrected chi connectivity index (χ4v) is 3.52. The molecule has 0 radical (unpaired) electrons. The smallest absolute Gasteiger partial charge is 0.0499 e. The lowest BCUT2D eigenvalue weighted by Crippen LogP contribution is -2.44. The Kier molecular flexibility index (Phi) is 5.37. The maximum atomic E-state index is 6.34. The fraction of sp³-hybridized carbons (Fsp3) is 0.571. The van der Waals surface area contributed by atoms with Gasteiger partial charge in [-0.3, -0.25) is 4.90 Å². The third-order valence-electron chi connectivity index (χ3n) is 3.53. The van der Waals surface area contributed by atoms with E-state index in [1.807, 2.05) is 23.9 Å². The second-order valence-corrected chi connectivity index (χ2v) is 6.38. The summed E-state index contributed by atoms with van der Waals surface area (Å²) in [5.74, 6) is 2.42. The summed E-state index contributed by atoms with van der Waals surface area (Å²) in [4.78, 5) is 2.52. The first-order valence-corrected chi connectivity index (χ1v) is 8.08. The molecule has 1 aromatic rings. The number of benzene rings is 1.